The van der Waals surface area contributed by atoms with Crippen LogP contribution in [0.2, 0.25) is 0 Å². The third-order valence-corrected chi connectivity index (χ3v) is 2.83. The van der Waals surface area contributed by atoms with Crippen molar-refractivity contribution in [1.82, 2.24) is 0 Å². The van der Waals surface area contributed by atoms with Crippen LogP contribution in [0.3, 0.4) is 0 Å². The van der Waals surface area contributed by atoms with Crippen LogP contribution in [0.15, 0.2) is 23.8 Å². The molecule has 0 saturated carbocycles. The second-order valence-electron chi connectivity index (χ2n) is 4.39. The molecule has 1 aromatic carbocycles. The number of rotatable bonds is 6. The zero-order valence-electron chi connectivity index (χ0n) is 11.7. The first-order valence-corrected chi connectivity index (χ1v) is 6.34. The predicted molar refractivity (Wildman–Crippen MR) is 76.0 cm³/mol. The van der Waals surface area contributed by atoms with Gasteiger partial charge in [0, 0.05) is 12.1 Å². The third-order valence-electron chi connectivity index (χ3n) is 2.83. The topological polar surface area (TPSA) is 44.5 Å². The van der Waals surface area contributed by atoms with E-state index in [2.05, 4.69) is 19.9 Å². The maximum Gasteiger partial charge on any atom is 0.167 e. The molecule has 18 heavy (non-hydrogen) atoms. The molecule has 100 valence electrons. The molecule has 0 saturated heterocycles. The maximum atomic E-state index is 5.77. The molecule has 3 nitrogen and oxygen atoms in total. The molecule has 1 aromatic rings. The van der Waals surface area contributed by atoms with E-state index in [0.717, 1.165) is 17.1 Å². The summed E-state index contributed by atoms with van der Waals surface area (Å²) in [7, 11) is 1.66. The van der Waals surface area contributed by atoms with Gasteiger partial charge in [0.2, 0.25) is 0 Å². The molecule has 3 heteroatoms. The smallest absolute Gasteiger partial charge is 0.167 e. The quantitative estimate of drug-likeness (QED) is 0.842. The van der Waals surface area contributed by atoms with Gasteiger partial charge in [-0.1, -0.05) is 37.6 Å². The van der Waals surface area contributed by atoms with E-state index in [4.69, 9.17) is 15.2 Å². The molecule has 0 aliphatic rings. The van der Waals surface area contributed by atoms with Crippen molar-refractivity contribution in [2.45, 2.75) is 20.8 Å². The minimum absolute atomic E-state index is 0.426. The molecule has 2 N–H and O–H groups in total. The fraction of sp³-hybridized carbons (Fsp3) is 0.467. The Morgan fingerprint density at radius 3 is 2.61 bits per heavy atom. The minimum atomic E-state index is 0.426. The Morgan fingerprint density at radius 2 is 2.11 bits per heavy atom. The number of hydrogen-bond donors (Lipinski definition) is 1. The van der Waals surface area contributed by atoms with Crippen LogP contribution in [0.25, 0.3) is 6.08 Å². The molecule has 0 fully saturated rings. The van der Waals surface area contributed by atoms with E-state index in [1.165, 1.54) is 5.57 Å². The number of hydrogen-bond acceptors (Lipinski definition) is 3. The molecule has 0 spiro atoms. The Hall–Kier alpha value is -1.48. The van der Waals surface area contributed by atoms with Gasteiger partial charge in [0.05, 0.1) is 13.7 Å². The highest BCUT2D eigenvalue weighted by molar-refractivity contribution is 5.64. The van der Waals surface area contributed by atoms with Crippen LogP contribution in [0.4, 0.5) is 0 Å². The zero-order valence-corrected chi connectivity index (χ0v) is 11.7. The van der Waals surface area contributed by atoms with Crippen LogP contribution in [0, 0.1) is 5.92 Å². The first-order chi connectivity index (χ1) is 8.63. The summed E-state index contributed by atoms with van der Waals surface area (Å²) in [5.41, 5.74) is 7.98. The number of nitrogens with two attached hydrogens (primary N) is 1. The number of para-hydroxylation sites is 1. The van der Waals surface area contributed by atoms with Crippen molar-refractivity contribution in [3.63, 3.8) is 0 Å². The summed E-state index contributed by atoms with van der Waals surface area (Å²) >= 11 is 0. The van der Waals surface area contributed by atoms with Crippen LogP contribution < -0.4 is 15.2 Å². The largest absolute Gasteiger partial charge is 0.492 e. The molecule has 0 radical (unpaired) electrons. The molecule has 0 amide bonds. The molecule has 0 heterocycles. The molecule has 0 bridgehead atoms. The second kappa shape index (κ2) is 7.07. The van der Waals surface area contributed by atoms with Gasteiger partial charge in [-0.15, -0.1) is 0 Å². The Labute approximate surface area is 110 Å². The van der Waals surface area contributed by atoms with Crippen LogP contribution in [0.1, 0.15) is 26.3 Å². The number of methoxy groups -OCH3 is 1. The lowest BCUT2D eigenvalue weighted by molar-refractivity contribution is 0.310. The lowest BCUT2D eigenvalue weighted by atomic mass is 10.00. The van der Waals surface area contributed by atoms with Crippen molar-refractivity contribution in [3.8, 4) is 11.5 Å². The summed E-state index contributed by atoms with van der Waals surface area (Å²) in [4.78, 5) is 0. The fourth-order valence-corrected chi connectivity index (χ4v) is 1.80. The fourth-order valence-electron chi connectivity index (χ4n) is 1.80. The lowest BCUT2D eigenvalue weighted by Gasteiger charge is -2.14. The highest BCUT2D eigenvalue weighted by atomic mass is 16.5. The summed E-state index contributed by atoms with van der Waals surface area (Å²) in [6.07, 6.45) is 2.09. The van der Waals surface area contributed by atoms with Crippen LogP contribution in [-0.2, 0) is 0 Å². The summed E-state index contributed by atoms with van der Waals surface area (Å²) in [5.74, 6) is 1.97. The first kappa shape index (κ1) is 14.6. The van der Waals surface area contributed by atoms with Crippen LogP contribution >= 0.6 is 0 Å². The van der Waals surface area contributed by atoms with E-state index >= 15 is 0 Å². The van der Waals surface area contributed by atoms with Crippen molar-refractivity contribution in [3.05, 3.63) is 29.3 Å². The minimum Gasteiger partial charge on any atom is -0.492 e. The van der Waals surface area contributed by atoms with Gasteiger partial charge in [0.25, 0.3) is 0 Å². The Morgan fingerprint density at radius 1 is 1.39 bits per heavy atom. The van der Waals surface area contributed by atoms with E-state index in [1.807, 2.05) is 25.1 Å². The monoisotopic (exact) mass is 249 g/mol. The van der Waals surface area contributed by atoms with Gasteiger partial charge < -0.3 is 15.2 Å². The zero-order chi connectivity index (χ0) is 13.5. The molecule has 0 aliphatic heterocycles. The van der Waals surface area contributed by atoms with Crippen LogP contribution in [0.5, 0.6) is 11.5 Å². The Balaban J connectivity index is 3.19. The predicted octanol–water partition coefficient (Wildman–Crippen LogP) is 3.09. The molecular weight excluding hydrogens is 226 g/mol. The Bertz CT molecular complexity index is 411. The van der Waals surface area contributed by atoms with Crippen molar-refractivity contribution in [2.24, 2.45) is 11.7 Å². The van der Waals surface area contributed by atoms with E-state index in [-0.39, 0.29) is 0 Å². The average Bonchev–Trinajstić information content (AvgIpc) is 2.36. The summed E-state index contributed by atoms with van der Waals surface area (Å²) < 4.78 is 11.0. The lowest BCUT2D eigenvalue weighted by Crippen LogP contribution is -2.08. The summed E-state index contributed by atoms with van der Waals surface area (Å²) in [5, 5.41) is 0. The third kappa shape index (κ3) is 3.50. The Kier molecular flexibility index (Phi) is 5.72. The average molecular weight is 249 g/mol. The summed E-state index contributed by atoms with van der Waals surface area (Å²) in [6, 6.07) is 5.89. The van der Waals surface area contributed by atoms with Gasteiger partial charge in [-0.3, -0.25) is 0 Å². The second-order valence-corrected chi connectivity index (χ2v) is 4.39. The van der Waals surface area contributed by atoms with E-state index in [0.29, 0.717) is 19.1 Å². The van der Waals surface area contributed by atoms with Crippen molar-refractivity contribution >= 4 is 6.08 Å². The molecule has 0 atom stereocenters. The molecular formula is C15H23NO2. The molecule has 1 rings (SSSR count). The molecule has 0 unspecified atom stereocenters. The SMILES string of the molecule is CCOc1cccc(C=C(CN)C(C)C)c1OC. The van der Waals surface area contributed by atoms with E-state index in [9.17, 15) is 0 Å². The van der Waals surface area contributed by atoms with Crippen molar-refractivity contribution < 1.29 is 9.47 Å². The number of benzene rings is 1. The van der Waals surface area contributed by atoms with Gasteiger partial charge in [-0.05, 0) is 18.9 Å². The van der Waals surface area contributed by atoms with Gasteiger partial charge in [-0.25, -0.2) is 0 Å². The van der Waals surface area contributed by atoms with Gasteiger partial charge in [-0.2, -0.15) is 0 Å². The van der Waals surface area contributed by atoms with Gasteiger partial charge in [0.15, 0.2) is 11.5 Å². The van der Waals surface area contributed by atoms with E-state index < -0.39 is 0 Å². The van der Waals surface area contributed by atoms with Crippen LogP contribution in [-0.4, -0.2) is 20.3 Å². The highest BCUT2D eigenvalue weighted by Crippen LogP contribution is 2.33. The maximum absolute atomic E-state index is 5.77. The normalized spacial score (nSPS) is 11.8. The van der Waals surface area contributed by atoms with Crippen molar-refractivity contribution in [1.29, 1.82) is 0 Å². The molecule has 0 aromatic heterocycles. The van der Waals surface area contributed by atoms with Crippen molar-refractivity contribution in [2.75, 3.05) is 20.3 Å². The van der Waals surface area contributed by atoms with E-state index in [1.54, 1.807) is 7.11 Å². The summed E-state index contributed by atoms with van der Waals surface area (Å²) in [6.45, 7) is 7.41. The standard InChI is InChI=1S/C15H23NO2/c1-5-18-14-8-6-7-12(15(14)17-4)9-13(10-16)11(2)3/h6-9,11H,5,10,16H2,1-4H3. The highest BCUT2D eigenvalue weighted by Gasteiger charge is 2.09. The molecule has 0 aliphatic carbocycles. The van der Waals surface area contributed by atoms with Gasteiger partial charge in [0.1, 0.15) is 0 Å². The number of ether oxygens (including phenoxy) is 2. The van der Waals surface area contributed by atoms with Gasteiger partial charge >= 0.3 is 0 Å². The first-order valence-electron chi connectivity index (χ1n) is 6.34.